The molecule has 1 heterocycles. The highest BCUT2D eigenvalue weighted by Crippen LogP contribution is 2.32. The van der Waals surface area contributed by atoms with Crippen LogP contribution in [0, 0.1) is 5.82 Å². The first-order valence-electron chi connectivity index (χ1n) is 4.76. The van der Waals surface area contributed by atoms with Crippen molar-refractivity contribution in [3.8, 4) is 0 Å². The van der Waals surface area contributed by atoms with Gasteiger partial charge in [-0.05, 0) is 18.2 Å². The Morgan fingerprint density at radius 3 is 2.39 bits per heavy atom. The summed E-state index contributed by atoms with van der Waals surface area (Å²) in [4.78, 5) is 3.67. The summed E-state index contributed by atoms with van der Waals surface area (Å²) in [6.45, 7) is 0. The van der Waals surface area contributed by atoms with Crippen LogP contribution in [0.1, 0.15) is 11.1 Å². The normalized spacial score (nSPS) is 23.7. The Hall–Kier alpha value is -1.87. The number of rotatable bonds is 1. The Balaban J connectivity index is 2.50. The van der Waals surface area contributed by atoms with Gasteiger partial charge in [-0.1, -0.05) is 0 Å². The Morgan fingerprint density at radius 2 is 1.89 bits per heavy atom. The van der Waals surface area contributed by atoms with Crippen LogP contribution < -0.4 is 22.3 Å². The fourth-order valence-corrected chi connectivity index (χ4v) is 1.52. The van der Waals surface area contributed by atoms with Gasteiger partial charge in [0.1, 0.15) is 5.82 Å². The summed E-state index contributed by atoms with van der Waals surface area (Å²) in [5.41, 5.74) is 14.3. The van der Waals surface area contributed by atoms with Crippen molar-refractivity contribution in [1.82, 2.24) is 10.9 Å². The lowest BCUT2D eigenvalue weighted by molar-refractivity contribution is -0.137. The van der Waals surface area contributed by atoms with Gasteiger partial charge in [0.05, 0.1) is 5.56 Å². The SMILES string of the molecule is NC1=NC(N)(c2cc(F)cc(C(F)(F)F)c2)NN1. The van der Waals surface area contributed by atoms with Crippen molar-refractivity contribution in [2.45, 2.75) is 12.0 Å². The van der Waals surface area contributed by atoms with Crippen molar-refractivity contribution in [2.75, 3.05) is 0 Å². The molecule has 0 spiro atoms. The monoisotopic (exact) mass is 263 g/mol. The van der Waals surface area contributed by atoms with Gasteiger partial charge >= 0.3 is 6.18 Å². The molecule has 6 N–H and O–H groups in total. The van der Waals surface area contributed by atoms with E-state index in [2.05, 4.69) is 15.8 Å². The summed E-state index contributed by atoms with van der Waals surface area (Å²) < 4.78 is 50.8. The standard InChI is InChI=1S/C9H9F4N5/c10-6-2-4(8(11,12)13)1-5(3-6)9(15)16-7(14)17-18-9/h1-3,18H,15H2,(H3,14,16,17). The molecule has 98 valence electrons. The molecule has 9 heteroatoms. The highest BCUT2D eigenvalue weighted by atomic mass is 19.4. The number of nitrogens with zero attached hydrogens (tertiary/aromatic N) is 1. The van der Waals surface area contributed by atoms with Crippen LogP contribution in [0.3, 0.4) is 0 Å². The van der Waals surface area contributed by atoms with E-state index in [0.717, 1.165) is 6.07 Å². The fraction of sp³-hybridized carbons (Fsp3) is 0.222. The molecule has 0 aliphatic carbocycles. The molecular weight excluding hydrogens is 254 g/mol. The second kappa shape index (κ2) is 3.82. The lowest BCUT2D eigenvalue weighted by Crippen LogP contribution is -2.50. The van der Waals surface area contributed by atoms with E-state index in [4.69, 9.17) is 11.5 Å². The van der Waals surface area contributed by atoms with Crippen LogP contribution in [-0.2, 0) is 12.0 Å². The molecule has 5 nitrogen and oxygen atoms in total. The van der Waals surface area contributed by atoms with Crippen molar-refractivity contribution >= 4 is 5.96 Å². The van der Waals surface area contributed by atoms with Crippen LogP contribution in [0.4, 0.5) is 17.6 Å². The summed E-state index contributed by atoms with van der Waals surface area (Å²) in [5, 5.41) is 0. The van der Waals surface area contributed by atoms with E-state index in [-0.39, 0.29) is 11.5 Å². The van der Waals surface area contributed by atoms with E-state index < -0.39 is 23.3 Å². The number of hydrogen-bond donors (Lipinski definition) is 4. The van der Waals surface area contributed by atoms with Gasteiger partial charge < -0.3 is 5.73 Å². The molecule has 0 bridgehead atoms. The Labute approximate surface area is 98.8 Å². The molecule has 18 heavy (non-hydrogen) atoms. The minimum atomic E-state index is -4.67. The topological polar surface area (TPSA) is 88.5 Å². The molecule has 0 fully saturated rings. The Bertz CT molecular complexity index is 512. The van der Waals surface area contributed by atoms with Crippen LogP contribution in [0.25, 0.3) is 0 Å². The predicted octanol–water partition coefficient (Wildman–Crippen LogP) is 0.336. The minimum absolute atomic E-state index is 0.102. The van der Waals surface area contributed by atoms with Gasteiger partial charge in [-0.15, -0.1) is 0 Å². The molecule has 0 aromatic heterocycles. The zero-order valence-corrected chi connectivity index (χ0v) is 8.85. The van der Waals surface area contributed by atoms with Gasteiger partial charge in [0.15, 0.2) is 0 Å². The number of hydrogen-bond acceptors (Lipinski definition) is 5. The maximum Gasteiger partial charge on any atom is 0.416 e. The first kappa shape index (κ1) is 12.6. The average molecular weight is 263 g/mol. The molecule has 1 aliphatic rings. The fourth-order valence-electron chi connectivity index (χ4n) is 1.52. The van der Waals surface area contributed by atoms with Crippen molar-refractivity contribution in [3.63, 3.8) is 0 Å². The van der Waals surface area contributed by atoms with E-state index in [0.29, 0.717) is 12.1 Å². The zero-order valence-electron chi connectivity index (χ0n) is 8.85. The second-order valence-electron chi connectivity index (χ2n) is 3.74. The van der Waals surface area contributed by atoms with Crippen LogP contribution in [0.2, 0.25) is 0 Å². The van der Waals surface area contributed by atoms with Gasteiger partial charge in [0.25, 0.3) is 0 Å². The van der Waals surface area contributed by atoms with E-state index in [1.807, 2.05) is 0 Å². The van der Waals surface area contributed by atoms with Gasteiger partial charge in [0.2, 0.25) is 11.7 Å². The first-order valence-corrected chi connectivity index (χ1v) is 4.76. The third kappa shape index (κ3) is 2.22. The number of hydrazine groups is 1. The summed E-state index contributed by atoms with van der Waals surface area (Å²) in [5.74, 6) is -2.89. The molecule has 1 aromatic rings. The van der Waals surface area contributed by atoms with Crippen molar-refractivity contribution in [1.29, 1.82) is 0 Å². The molecule has 0 saturated heterocycles. The van der Waals surface area contributed by atoms with Crippen molar-refractivity contribution < 1.29 is 17.6 Å². The highest BCUT2D eigenvalue weighted by molar-refractivity contribution is 5.79. The van der Waals surface area contributed by atoms with E-state index in [1.54, 1.807) is 0 Å². The second-order valence-corrected chi connectivity index (χ2v) is 3.74. The largest absolute Gasteiger partial charge is 0.416 e. The molecule has 1 aromatic carbocycles. The maximum absolute atomic E-state index is 13.2. The molecule has 1 aliphatic heterocycles. The van der Waals surface area contributed by atoms with Gasteiger partial charge in [0, 0.05) is 5.56 Å². The molecule has 1 atom stereocenters. The molecule has 0 saturated carbocycles. The molecule has 2 rings (SSSR count). The number of nitrogens with two attached hydrogens (primary N) is 2. The third-order valence-electron chi connectivity index (χ3n) is 2.34. The molecule has 0 amide bonds. The zero-order chi connectivity index (χ0) is 13.6. The maximum atomic E-state index is 13.2. The smallest absolute Gasteiger partial charge is 0.369 e. The molecule has 1 unspecified atom stereocenters. The van der Waals surface area contributed by atoms with E-state index in [9.17, 15) is 17.6 Å². The average Bonchev–Trinajstić information content (AvgIpc) is 2.58. The lowest BCUT2D eigenvalue weighted by Gasteiger charge is -2.21. The van der Waals surface area contributed by atoms with Crippen LogP contribution >= 0.6 is 0 Å². The lowest BCUT2D eigenvalue weighted by atomic mass is 10.0. The highest BCUT2D eigenvalue weighted by Gasteiger charge is 2.36. The third-order valence-corrected chi connectivity index (χ3v) is 2.34. The van der Waals surface area contributed by atoms with Crippen molar-refractivity contribution in [2.24, 2.45) is 16.5 Å². The van der Waals surface area contributed by atoms with Crippen LogP contribution in [0.15, 0.2) is 23.2 Å². The summed E-state index contributed by atoms with van der Waals surface area (Å²) in [6, 6.07) is 1.94. The number of halogens is 4. The molecule has 0 radical (unpaired) electrons. The summed E-state index contributed by atoms with van der Waals surface area (Å²) in [7, 11) is 0. The number of aliphatic imine (C=N–C) groups is 1. The number of nitrogens with one attached hydrogen (secondary N) is 2. The predicted molar refractivity (Wildman–Crippen MR) is 55.2 cm³/mol. The Kier molecular flexibility index (Phi) is 2.67. The summed E-state index contributed by atoms with van der Waals surface area (Å²) in [6.07, 6.45) is -4.67. The summed E-state index contributed by atoms with van der Waals surface area (Å²) >= 11 is 0. The number of guanidine groups is 1. The van der Waals surface area contributed by atoms with E-state index >= 15 is 0 Å². The Morgan fingerprint density at radius 1 is 1.22 bits per heavy atom. The van der Waals surface area contributed by atoms with Crippen LogP contribution in [-0.4, -0.2) is 5.96 Å². The first-order chi connectivity index (χ1) is 8.21. The quantitative estimate of drug-likeness (QED) is 0.550. The minimum Gasteiger partial charge on any atom is -0.369 e. The van der Waals surface area contributed by atoms with Crippen LogP contribution in [0.5, 0.6) is 0 Å². The molecular formula is C9H9F4N5. The van der Waals surface area contributed by atoms with E-state index in [1.165, 1.54) is 0 Å². The number of benzene rings is 1. The van der Waals surface area contributed by atoms with Crippen molar-refractivity contribution in [3.05, 3.63) is 35.1 Å². The van der Waals surface area contributed by atoms with Gasteiger partial charge in [-0.25, -0.2) is 9.38 Å². The van der Waals surface area contributed by atoms with Gasteiger partial charge in [-0.2, -0.15) is 18.6 Å². The number of alkyl halides is 3. The van der Waals surface area contributed by atoms with Gasteiger partial charge in [-0.3, -0.25) is 11.2 Å².